The second-order valence-corrected chi connectivity index (χ2v) is 4.11. The van der Waals surface area contributed by atoms with E-state index < -0.39 is 11.9 Å². The normalized spacial score (nSPS) is 15.0. The number of nitrogen functional groups attached to an aromatic ring is 1. The third kappa shape index (κ3) is 2.24. The molecule has 1 fully saturated rings. The number of rotatable bonds is 3. The highest BCUT2D eigenvalue weighted by atomic mass is 32.1. The number of imide groups is 1. The summed E-state index contributed by atoms with van der Waals surface area (Å²) in [7, 11) is 0. The number of aromatic nitrogens is 1. The standard InChI is InChI=1S/C8H9N5O3S/c9-12-6(15)7-11-4(3-17-7)2-13-5(14)1-10-8(13)16/h3H,1-2,9H2,(H,10,16)(H,12,15). The van der Waals surface area contributed by atoms with Gasteiger partial charge in [-0.2, -0.15) is 0 Å². The molecule has 1 aromatic rings. The molecular formula is C8H9N5O3S. The third-order valence-corrected chi connectivity index (χ3v) is 3.02. The first-order valence-corrected chi connectivity index (χ1v) is 5.53. The van der Waals surface area contributed by atoms with Crippen molar-refractivity contribution in [2.75, 3.05) is 6.54 Å². The highest BCUT2D eigenvalue weighted by molar-refractivity contribution is 7.11. The summed E-state index contributed by atoms with van der Waals surface area (Å²) in [4.78, 5) is 38.7. The van der Waals surface area contributed by atoms with Crippen molar-refractivity contribution in [2.45, 2.75) is 6.54 Å². The highest BCUT2D eigenvalue weighted by Crippen LogP contribution is 2.13. The van der Waals surface area contributed by atoms with E-state index in [1.54, 1.807) is 5.38 Å². The van der Waals surface area contributed by atoms with E-state index in [9.17, 15) is 14.4 Å². The van der Waals surface area contributed by atoms with Gasteiger partial charge < -0.3 is 5.32 Å². The number of carbonyl (C=O) groups is 3. The van der Waals surface area contributed by atoms with Crippen molar-refractivity contribution in [1.29, 1.82) is 0 Å². The van der Waals surface area contributed by atoms with E-state index in [4.69, 9.17) is 5.84 Å². The fourth-order valence-electron chi connectivity index (χ4n) is 1.32. The number of urea groups is 1. The lowest BCUT2D eigenvalue weighted by Gasteiger charge is -2.09. The molecule has 1 aliphatic rings. The number of nitrogens with one attached hydrogen (secondary N) is 2. The Morgan fingerprint density at radius 1 is 1.65 bits per heavy atom. The van der Waals surface area contributed by atoms with Gasteiger partial charge in [0.1, 0.15) is 0 Å². The topological polar surface area (TPSA) is 117 Å². The van der Waals surface area contributed by atoms with Gasteiger partial charge >= 0.3 is 6.03 Å². The first kappa shape index (κ1) is 11.5. The molecule has 8 nitrogen and oxygen atoms in total. The average Bonchev–Trinajstić information content (AvgIpc) is 2.90. The molecule has 1 aromatic heterocycles. The maximum Gasteiger partial charge on any atom is 0.324 e. The van der Waals surface area contributed by atoms with Crippen LogP contribution in [0.1, 0.15) is 15.5 Å². The number of nitrogens with zero attached hydrogens (tertiary/aromatic N) is 2. The van der Waals surface area contributed by atoms with Gasteiger partial charge in [-0.25, -0.2) is 15.6 Å². The van der Waals surface area contributed by atoms with Crippen molar-refractivity contribution in [2.24, 2.45) is 5.84 Å². The van der Waals surface area contributed by atoms with Crippen LogP contribution in [0.4, 0.5) is 4.79 Å². The van der Waals surface area contributed by atoms with E-state index >= 15 is 0 Å². The predicted molar refractivity (Wildman–Crippen MR) is 57.7 cm³/mol. The van der Waals surface area contributed by atoms with Gasteiger partial charge in [0.2, 0.25) is 5.91 Å². The molecule has 9 heteroatoms. The fraction of sp³-hybridized carbons (Fsp3) is 0.250. The summed E-state index contributed by atoms with van der Waals surface area (Å²) in [6, 6.07) is -0.451. The Morgan fingerprint density at radius 3 is 3.00 bits per heavy atom. The van der Waals surface area contributed by atoms with Gasteiger partial charge in [0, 0.05) is 5.38 Å². The number of thiazole rings is 1. The number of carbonyl (C=O) groups excluding carboxylic acids is 3. The Labute approximate surface area is 99.8 Å². The summed E-state index contributed by atoms with van der Waals surface area (Å²) in [5.41, 5.74) is 2.43. The summed E-state index contributed by atoms with van der Waals surface area (Å²) in [5.74, 6) is 4.15. The summed E-state index contributed by atoms with van der Waals surface area (Å²) in [6.45, 7) is 0.0537. The first-order chi connectivity index (χ1) is 8.11. The molecule has 2 heterocycles. The molecule has 0 aromatic carbocycles. The Kier molecular flexibility index (Phi) is 3.02. The highest BCUT2D eigenvalue weighted by Gasteiger charge is 2.29. The largest absolute Gasteiger partial charge is 0.329 e. The molecule has 0 radical (unpaired) electrons. The quantitative estimate of drug-likeness (QED) is 0.271. The molecule has 2 rings (SSSR count). The van der Waals surface area contributed by atoms with Crippen molar-refractivity contribution < 1.29 is 14.4 Å². The summed E-state index contributed by atoms with van der Waals surface area (Å²) >= 11 is 1.10. The predicted octanol–water partition coefficient (Wildman–Crippen LogP) is -1.20. The van der Waals surface area contributed by atoms with Crippen LogP contribution in [0.15, 0.2) is 5.38 Å². The number of amides is 4. The van der Waals surface area contributed by atoms with Crippen LogP contribution in [-0.2, 0) is 11.3 Å². The van der Waals surface area contributed by atoms with Crippen LogP contribution in [-0.4, -0.2) is 34.3 Å². The summed E-state index contributed by atoms with van der Waals surface area (Å²) in [5, 5.41) is 4.18. The third-order valence-electron chi connectivity index (χ3n) is 2.13. The maximum atomic E-state index is 11.3. The molecule has 0 bridgehead atoms. The average molecular weight is 255 g/mol. The van der Waals surface area contributed by atoms with Crippen LogP contribution in [0.5, 0.6) is 0 Å². The zero-order chi connectivity index (χ0) is 12.4. The Balaban J connectivity index is 2.09. The van der Waals surface area contributed by atoms with Gasteiger partial charge in [-0.1, -0.05) is 0 Å². The van der Waals surface area contributed by atoms with E-state index in [0.29, 0.717) is 5.69 Å². The van der Waals surface area contributed by atoms with Gasteiger partial charge in [-0.15, -0.1) is 11.3 Å². The minimum atomic E-state index is -0.501. The van der Waals surface area contributed by atoms with E-state index in [2.05, 4.69) is 10.3 Å². The van der Waals surface area contributed by atoms with Crippen molar-refractivity contribution in [3.8, 4) is 0 Å². The van der Waals surface area contributed by atoms with Crippen molar-refractivity contribution >= 4 is 29.2 Å². The van der Waals surface area contributed by atoms with Crippen LogP contribution in [0.25, 0.3) is 0 Å². The van der Waals surface area contributed by atoms with E-state index in [0.717, 1.165) is 16.2 Å². The van der Waals surface area contributed by atoms with E-state index in [-0.39, 0.29) is 24.0 Å². The van der Waals surface area contributed by atoms with Gasteiger partial charge in [0.25, 0.3) is 5.91 Å². The molecule has 4 N–H and O–H groups in total. The van der Waals surface area contributed by atoms with Crippen LogP contribution in [0.3, 0.4) is 0 Å². The molecule has 1 aliphatic heterocycles. The van der Waals surface area contributed by atoms with Crippen LogP contribution in [0.2, 0.25) is 0 Å². The van der Waals surface area contributed by atoms with Crippen molar-refractivity contribution in [3.63, 3.8) is 0 Å². The molecule has 4 amide bonds. The smallest absolute Gasteiger partial charge is 0.324 e. The molecule has 1 saturated heterocycles. The van der Waals surface area contributed by atoms with Crippen molar-refractivity contribution in [1.82, 2.24) is 20.6 Å². The van der Waals surface area contributed by atoms with Crippen molar-refractivity contribution in [3.05, 3.63) is 16.1 Å². The number of nitrogens with two attached hydrogens (primary N) is 1. The Bertz CT molecular complexity index is 469. The lowest BCUT2D eigenvalue weighted by Crippen LogP contribution is -2.31. The van der Waals surface area contributed by atoms with E-state index in [1.807, 2.05) is 5.43 Å². The molecule has 0 unspecified atom stereocenters. The molecule has 17 heavy (non-hydrogen) atoms. The Hall–Kier alpha value is -2.00. The summed E-state index contributed by atoms with van der Waals surface area (Å²) in [6.07, 6.45) is 0. The molecule has 90 valence electrons. The van der Waals surface area contributed by atoms with Gasteiger partial charge in [-0.05, 0) is 0 Å². The fourth-order valence-corrected chi connectivity index (χ4v) is 2.03. The monoisotopic (exact) mass is 255 g/mol. The maximum absolute atomic E-state index is 11.3. The molecule has 0 saturated carbocycles. The van der Waals surface area contributed by atoms with Gasteiger partial charge in [-0.3, -0.25) is 19.9 Å². The second kappa shape index (κ2) is 4.47. The van der Waals surface area contributed by atoms with Gasteiger partial charge in [0.15, 0.2) is 5.01 Å². The summed E-state index contributed by atoms with van der Waals surface area (Å²) < 4.78 is 0. The zero-order valence-corrected chi connectivity index (χ0v) is 9.41. The SMILES string of the molecule is NNC(=O)c1nc(CN2C(=O)CNC2=O)cs1. The molecule has 0 aliphatic carbocycles. The second-order valence-electron chi connectivity index (χ2n) is 3.26. The first-order valence-electron chi connectivity index (χ1n) is 4.65. The number of hydrogen-bond donors (Lipinski definition) is 3. The lowest BCUT2D eigenvalue weighted by atomic mass is 10.4. The molecule has 0 atom stereocenters. The van der Waals surface area contributed by atoms with Crippen LogP contribution in [0, 0.1) is 0 Å². The van der Waals surface area contributed by atoms with E-state index in [1.165, 1.54) is 0 Å². The zero-order valence-electron chi connectivity index (χ0n) is 8.60. The van der Waals surface area contributed by atoms with Gasteiger partial charge in [0.05, 0.1) is 18.8 Å². The molecule has 0 spiro atoms. The van der Waals surface area contributed by atoms with Crippen LogP contribution < -0.4 is 16.6 Å². The minimum Gasteiger partial charge on any atom is -0.329 e. The minimum absolute atomic E-state index is 0.000879. The lowest BCUT2D eigenvalue weighted by molar-refractivity contribution is -0.125. The molecular weight excluding hydrogens is 246 g/mol. The van der Waals surface area contributed by atoms with Crippen LogP contribution >= 0.6 is 11.3 Å². The number of hydrogen-bond acceptors (Lipinski definition) is 6. The Morgan fingerprint density at radius 2 is 2.41 bits per heavy atom. The number of hydrazine groups is 1.